The minimum atomic E-state index is -0.351. The number of halogens is 2. The lowest BCUT2D eigenvalue weighted by atomic mass is 10.1. The Labute approximate surface area is 154 Å². The second-order valence-corrected chi connectivity index (χ2v) is 6.43. The number of hydrogen-bond donors (Lipinski definition) is 3. The Morgan fingerprint density at radius 3 is 2.65 bits per heavy atom. The number of H-pyrrole nitrogens is 1. The van der Waals surface area contributed by atoms with Gasteiger partial charge in [-0.25, -0.2) is 4.39 Å². The monoisotopic (exact) mass is 373 g/mol. The number of aromatic amines is 1. The number of aryl methyl sites for hydroxylation is 1. The fourth-order valence-corrected chi connectivity index (χ4v) is 3.00. The van der Waals surface area contributed by atoms with Gasteiger partial charge in [-0.3, -0.25) is 9.59 Å². The molecule has 0 bridgehead atoms. The van der Waals surface area contributed by atoms with Gasteiger partial charge in [0.2, 0.25) is 11.8 Å². The zero-order valence-electron chi connectivity index (χ0n) is 14.2. The number of aromatic nitrogens is 1. The largest absolute Gasteiger partial charge is 0.358 e. The van der Waals surface area contributed by atoms with Gasteiger partial charge in [0.25, 0.3) is 0 Å². The average Bonchev–Trinajstić information content (AvgIpc) is 2.85. The van der Waals surface area contributed by atoms with Crippen molar-refractivity contribution in [3.63, 3.8) is 0 Å². The third kappa shape index (κ3) is 3.86. The summed E-state index contributed by atoms with van der Waals surface area (Å²) in [6, 6.07) is 9.27. The summed E-state index contributed by atoms with van der Waals surface area (Å²) in [5.41, 5.74) is 3.27. The molecule has 0 aliphatic rings. The molecular weight excluding hydrogens is 357 g/mol. The first kappa shape index (κ1) is 17.9. The predicted octanol–water partition coefficient (Wildman–Crippen LogP) is 4.41. The highest BCUT2D eigenvalue weighted by Gasteiger charge is 2.14. The maximum atomic E-state index is 13.5. The van der Waals surface area contributed by atoms with E-state index >= 15 is 0 Å². The summed E-state index contributed by atoms with van der Waals surface area (Å²) in [6.07, 6.45) is 0.0907. The molecule has 0 atom stereocenters. The van der Waals surface area contributed by atoms with E-state index in [0.717, 1.165) is 16.8 Å². The van der Waals surface area contributed by atoms with E-state index in [0.29, 0.717) is 21.8 Å². The van der Waals surface area contributed by atoms with E-state index in [9.17, 15) is 14.0 Å². The molecule has 1 heterocycles. The number of carbonyl (C=O) groups excluding carboxylic acids is 2. The van der Waals surface area contributed by atoms with Gasteiger partial charge in [0.15, 0.2) is 0 Å². The molecule has 0 spiro atoms. The number of fused-ring (bicyclic) bond motifs is 1. The van der Waals surface area contributed by atoms with E-state index in [1.165, 1.54) is 19.1 Å². The lowest BCUT2D eigenvalue weighted by Crippen LogP contribution is -2.15. The molecule has 134 valence electrons. The number of hydrogen-bond acceptors (Lipinski definition) is 2. The number of carbonyl (C=O) groups is 2. The third-order valence-electron chi connectivity index (χ3n) is 3.98. The zero-order chi connectivity index (χ0) is 18.8. The van der Waals surface area contributed by atoms with E-state index in [1.54, 1.807) is 24.3 Å². The van der Waals surface area contributed by atoms with Gasteiger partial charge >= 0.3 is 0 Å². The van der Waals surface area contributed by atoms with Gasteiger partial charge in [-0.2, -0.15) is 0 Å². The van der Waals surface area contributed by atoms with Crippen molar-refractivity contribution < 1.29 is 14.0 Å². The minimum Gasteiger partial charge on any atom is -0.358 e. The summed E-state index contributed by atoms with van der Waals surface area (Å²) in [5, 5.41) is 6.44. The molecule has 0 aliphatic carbocycles. The minimum absolute atomic E-state index is 0.0907. The van der Waals surface area contributed by atoms with Crippen molar-refractivity contribution in [1.82, 2.24) is 4.98 Å². The molecule has 0 saturated carbocycles. The summed E-state index contributed by atoms with van der Waals surface area (Å²) in [5.74, 6) is -0.864. The predicted molar refractivity (Wildman–Crippen MR) is 101 cm³/mol. The maximum Gasteiger partial charge on any atom is 0.228 e. The van der Waals surface area contributed by atoms with Crippen molar-refractivity contribution in [2.75, 3.05) is 10.6 Å². The van der Waals surface area contributed by atoms with Crippen LogP contribution in [-0.4, -0.2) is 16.8 Å². The van der Waals surface area contributed by atoms with Crippen molar-refractivity contribution in [2.24, 2.45) is 0 Å². The highest BCUT2D eigenvalue weighted by atomic mass is 35.5. The van der Waals surface area contributed by atoms with Crippen LogP contribution in [0.3, 0.4) is 0 Å². The molecule has 3 aromatic rings. The van der Waals surface area contributed by atoms with Gasteiger partial charge in [-0.15, -0.1) is 0 Å². The summed E-state index contributed by atoms with van der Waals surface area (Å²) >= 11 is 6.03. The smallest absolute Gasteiger partial charge is 0.228 e. The van der Waals surface area contributed by atoms with Crippen molar-refractivity contribution >= 4 is 45.7 Å². The highest BCUT2D eigenvalue weighted by Crippen LogP contribution is 2.27. The van der Waals surface area contributed by atoms with Gasteiger partial charge in [0.05, 0.1) is 17.1 Å². The molecule has 0 radical (unpaired) electrons. The van der Waals surface area contributed by atoms with Crippen LogP contribution in [0.2, 0.25) is 5.02 Å². The number of benzene rings is 2. The number of amides is 2. The Morgan fingerprint density at radius 2 is 1.92 bits per heavy atom. The van der Waals surface area contributed by atoms with E-state index < -0.39 is 0 Å². The van der Waals surface area contributed by atoms with Crippen LogP contribution in [-0.2, 0) is 16.0 Å². The number of rotatable bonds is 4. The van der Waals surface area contributed by atoms with E-state index in [1.807, 2.05) is 6.92 Å². The summed E-state index contributed by atoms with van der Waals surface area (Å²) in [4.78, 5) is 26.8. The molecule has 26 heavy (non-hydrogen) atoms. The first-order valence-corrected chi connectivity index (χ1v) is 8.35. The molecule has 7 heteroatoms. The van der Waals surface area contributed by atoms with Crippen molar-refractivity contribution in [3.05, 3.63) is 58.5 Å². The van der Waals surface area contributed by atoms with Gasteiger partial charge in [-0.1, -0.05) is 11.6 Å². The van der Waals surface area contributed by atoms with E-state index in [-0.39, 0.29) is 24.1 Å². The number of anilines is 2. The highest BCUT2D eigenvalue weighted by molar-refractivity contribution is 6.33. The second kappa shape index (κ2) is 7.17. The molecule has 0 fully saturated rings. The Hall–Kier alpha value is -2.86. The molecule has 2 amide bonds. The molecule has 0 unspecified atom stereocenters. The van der Waals surface area contributed by atoms with Gasteiger partial charge in [0.1, 0.15) is 5.82 Å². The van der Waals surface area contributed by atoms with Crippen LogP contribution in [0.5, 0.6) is 0 Å². The summed E-state index contributed by atoms with van der Waals surface area (Å²) in [7, 11) is 0. The van der Waals surface area contributed by atoms with Crippen LogP contribution in [0.4, 0.5) is 15.8 Å². The fourth-order valence-electron chi connectivity index (χ4n) is 2.84. The van der Waals surface area contributed by atoms with Crippen LogP contribution in [0, 0.1) is 12.7 Å². The normalized spacial score (nSPS) is 10.8. The van der Waals surface area contributed by atoms with Gasteiger partial charge in [0, 0.05) is 29.2 Å². The van der Waals surface area contributed by atoms with Gasteiger partial charge < -0.3 is 15.6 Å². The Balaban J connectivity index is 1.81. The first-order valence-electron chi connectivity index (χ1n) is 7.97. The average molecular weight is 374 g/mol. The van der Waals surface area contributed by atoms with E-state index in [2.05, 4.69) is 15.6 Å². The van der Waals surface area contributed by atoms with Crippen molar-refractivity contribution in [3.8, 4) is 0 Å². The fraction of sp³-hybridized carbons (Fsp3) is 0.158. The first-order chi connectivity index (χ1) is 12.3. The van der Waals surface area contributed by atoms with Crippen LogP contribution in [0.25, 0.3) is 10.9 Å². The Bertz CT molecular complexity index is 1010. The maximum absolute atomic E-state index is 13.5. The lowest BCUT2D eigenvalue weighted by Gasteiger charge is -2.10. The van der Waals surface area contributed by atoms with Gasteiger partial charge in [-0.05, 0) is 48.9 Å². The van der Waals surface area contributed by atoms with E-state index in [4.69, 9.17) is 11.6 Å². The molecule has 5 nitrogen and oxygen atoms in total. The molecule has 3 N–H and O–H groups in total. The molecule has 0 saturated heterocycles. The second-order valence-electron chi connectivity index (χ2n) is 6.02. The van der Waals surface area contributed by atoms with Crippen LogP contribution in [0.1, 0.15) is 18.2 Å². The zero-order valence-corrected chi connectivity index (χ0v) is 15.0. The lowest BCUT2D eigenvalue weighted by molar-refractivity contribution is -0.115. The molecule has 3 rings (SSSR count). The standard InChI is InChI=1S/C19H17ClFN3O2/c1-10-14(15-7-12(21)3-6-17(15)22-10)9-19(26)24-13-4-5-16(20)18(8-13)23-11(2)25/h3-8,22H,9H2,1-2H3,(H,23,25)(H,24,26). The summed E-state index contributed by atoms with van der Waals surface area (Å²) in [6.45, 7) is 3.22. The van der Waals surface area contributed by atoms with Crippen molar-refractivity contribution in [1.29, 1.82) is 0 Å². The molecular formula is C19H17ClFN3O2. The Morgan fingerprint density at radius 1 is 1.15 bits per heavy atom. The molecule has 2 aromatic carbocycles. The number of nitrogens with one attached hydrogen (secondary N) is 3. The van der Waals surface area contributed by atoms with Crippen LogP contribution < -0.4 is 10.6 Å². The topological polar surface area (TPSA) is 74.0 Å². The SMILES string of the molecule is CC(=O)Nc1cc(NC(=O)Cc2c(C)[nH]c3ccc(F)cc23)ccc1Cl. The molecule has 0 aliphatic heterocycles. The quantitative estimate of drug-likeness (QED) is 0.633. The van der Waals surface area contributed by atoms with Crippen LogP contribution >= 0.6 is 11.6 Å². The molecule has 1 aromatic heterocycles. The summed E-state index contributed by atoms with van der Waals surface area (Å²) < 4.78 is 13.5. The van der Waals surface area contributed by atoms with Crippen molar-refractivity contribution in [2.45, 2.75) is 20.3 Å². The Kier molecular flexibility index (Phi) is 4.95. The van der Waals surface area contributed by atoms with Crippen LogP contribution in [0.15, 0.2) is 36.4 Å². The third-order valence-corrected chi connectivity index (χ3v) is 4.31.